The van der Waals surface area contributed by atoms with Crippen molar-refractivity contribution in [2.45, 2.75) is 13.8 Å². The van der Waals surface area contributed by atoms with Crippen LogP contribution in [-0.4, -0.2) is 23.3 Å². The van der Waals surface area contributed by atoms with E-state index in [9.17, 15) is 5.11 Å². The van der Waals surface area contributed by atoms with Crippen LogP contribution < -0.4 is 9.47 Å². The lowest BCUT2D eigenvalue weighted by Crippen LogP contribution is -1.98. The van der Waals surface area contributed by atoms with Crippen molar-refractivity contribution in [1.82, 2.24) is 4.98 Å². The summed E-state index contributed by atoms with van der Waals surface area (Å²) >= 11 is 1.58. The molecule has 3 aromatic rings. The molecule has 2 aromatic carbocycles. The first-order chi connectivity index (χ1) is 11.7. The average Bonchev–Trinajstić information content (AvgIpc) is 3.07. The summed E-state index contributed by atoms with van der Waals surface area (Å²) in [6, 6.07) is 12.9. The van der Waals surface area contributed by atoms with E-state index in [0.29, 0.717) is 13.2 Å². The Bertz CT molecular complexity index is 812. The van der Waals surface area contributed by atoms with E-state index in [-0.39, 0.29) is 5.75 Å². The summed E-state index contributed by atoms with van der Waals surface area (Å²) < 4.78 is 11.3. The summed E-state index contributed by atoms with van der Waals surface area (Å²) in [5, 5.41) is 12.3. The van der Waals surface area contributed by atoms with Gasteiger partial charge in [0.2, 0.25) is 0 Å². The largest absolute Gasteiger partial charge is 0.508 e. The van der Waals surface area contributed by atoms with Crippen LogP contribution in [0, 0.1) is 0 Å². The van der Waals surface area contributed by atoms with E-state index in [1.807, 2.05) is 49.6 Å². The Hall–Kier alpha value is -2.53. The highest BCUT2D eigenvalue weighted by atomic mass is 32.1. The topological polar surface area (TPSA) is 51.6 Å². The van der Waals surface area contributed by atoms with E-state index in [1.54, 1.807) is 23.5 Å². The third-order valence-electron chi connectivity index (χ3n) is 3.46. The van der Waals surface area contributed by atoms with Crippen molar-refractivity contribution in [3.05, 3.63) is 47.8 Å². The van der Waals surface area contributed by atoms with Gasteiger partial charge in [-0.25, -0.2) is 4.98 Å². The number of aromatic nitrogens is 1. The third kappa shape index (κ3) is 3.51. The number of hydrogen-bond acceptors (Lipinski definition) is 5. The van der Waals surface area contributed by atoms with Gasteiger partial charge in [0.15, 0.2) is 11.5 Å². The molecule has 124 valence electrons. The highest BCUT2D eigenvalue weighted by molar-refractivity contribution is 7.13. The molecule has 0 atom stereocenters. The zero-order valence-corrected chi connectivity index (χ0v) is 14.5. The maximum atomic E-state index is 9.39. The summed E-state index contributed by atoms with van der Waals surface area (Å²) in [6.07, 6.45) is 0. The van der Waals surface area contributed by atoms with Crippen LogP contribution in [0.1, 0.15) is 13.8 Å². The first-order valence-electron chi connectivity index (χ1n) is 7.86. The number of phenolic OH excluding ortho intramolecular Hbond substituents is 1. The summed E-state index contributed by atoms with van der Waals surface area (Å²) in [7, 11) is 0. The second-order valence-electron chi connectivity index (χ2n) is 5.11. The van der Waals surface area contributed by atoms with Crippen LogP contribution in [0.25, 0.3) is 21.8 Å². The summed E-state index contributed by atoms with van der Waals surface area (Å²) in [4.78, 5) is 4.70. The quantitative estimate of drug-likeness (QED) is 0.687. The highest BCUT2D eigenvalue weighted by Gasteiger charge is 2.11. The Kier molecular flexibility index (Phi) is 5.01. The fourth-order valence-corrected chi connectivity index (χ4v) is 3.18. The minimum absolute atomic E-state index is 0.252. The molecule has 0 unspecified atom stereocenters. The predicted molar refractivity (Wildman–Crippen MR) is 97.0 cm³/mol. The van der Waals surface area contributed by atoms with Gasteiger partial charge in [-0.2, -0.15) is 0 Å². The molecule has 1 heterocycles. The Morgan fingerprint density at radius 1 is 0.917 bits per heavy atom. The van der Waals surface area contributed by atoms with Gasteiger partial charge in [0.1, 0.15) is 10.8 Å². The average molecular weight is 341 g/mol. The predicted octanol–water partition coefficient (Wildman–Crippen LogP) is 4.98. The molecule has 0 aliphatic carbocycles. The summed E-state index contributed by atoms with van der Waals surface area (Å²) in [5.74, 6) is 1.73. The Labute approximate surface area is 145 Å². The molecule has 0 amide bonds. The zero-order chi connectivity index (χ0) is 16.9. The lowest BCUT2D eigenvalue weighted by Gasteiger charge is -2.11. The molecule has 0 bridgehead atoms. The number of aromatic hydroxyl groups is 1. The van der Waals surface area contributed by atoms with Crippen molar-refractivity contribution in [2.24, 2.45) is 0 Å². The monoisotopic (exact) mass is 341 g/mol. The van der Waals surface area contributed by atoms with Gasteiger partial charge in [-0.1, -0.05) is 0 Å². The molecule has 0 aliphatic heterocycles. The molecule has 4 nitrogen and oxygen atoms in total. The van der Waals surface area contributed by atoms with Crippen LogP contribution in [-0.2, 0) is 0 Å². The van der Waals surface area contributed by atoms with E-state index in [1.165, 1.54) is 0 Å². The van der Waals surface area contributed by atoms with Crippen molar-refractivity contribution in [3.63, 3.8) is 0 Å². The number of ether oxygens (including phenoxy) is 2. The lowest BCUT2D eigenvalue weighted by molar-refractivity contribution is 0.288. The number of hydrogen-bond donors (Lipinski definition) is 1. The standard InChI is InChI=1S/C19H19NO3S/c1-3-22-17-10-7-14(11-18(17)23-4-2)19-20-16(12-24-19)13-5-8-15(21)9-6-13/h5-12,21H,3-4H2,1-2H3. The van der Waals surface area contributed by atoms with Gasteiger partial charge >= 0.3 is 0 Å². The maximum Gasteiger partial charge on any atom is 0.161 e. The van der Waals surface area contributed by atoms with E-state index in [2.05, 4.69) is 0 Å². The van der Waals surface area contributed by atoms with E-state index in [4.69, 9.17) is 14.5 Å². The SMILES string of the molecule is CCOc1ccc(-c2nc(-c3ccc(O)cc3)cs2)cc1OCC. The molecule has 0 radical (unpaired) electrons. The second-order valence-corrected chi connectivity index (χ2v) is 5.97. The fraction of sp³-hybridized carbons (Fsp3) is 0.211. The smallest absolute Gasteiger partial charge is 0.161 e. The Balaban J connectivity index is 1.91. The van der Waals surface area contributed by atoms with Crippen LogP contribution in [0.15, 0.2) is 47.8 Å². The lowest BCUT2D eigenvalue weighted by atomic mass is 10.1. The molecular weight excluding hydrogens is 322 g/mol. The first kappa shape index (κ1) is 16.3. The number of phenols is 1. The van der Waals surface area contributed by atoms with Crippen LogP contribution >= 0.6 is 11.3 Å². The molecule has 3 rings (SSSR count). The van der Waals surface area contributed by atoms with Gasteiger partial charge in [0.25, 0.3) is 0 Å². The number of nitrogens with zero attached hydrogens (tertiary/aromatic N) is 1. The number of rotatable bonds is 6. The molecule has 0 fully saturated rings. The molecule has 24 heavy (non-hydrogen) atoms. The molecule has 1 aromatic heterocycles. The van der Waals surface area contributed by atoms with Crippen molar-refractivity contribution >= 4 is 11.3 Å². The molecule has 0 spiro atoms. The minimum atomic E-state index is 0.252. The van der Waals surface area contributed by atoms with Gasteiger partial charge in [-0.15, -0.1) is 11.3 Å². The Morgan fingerprint density at radius 3 is 2.29 bits per heavy atom. The molecule has 1 N–H and O–H groups in total. The Morgan fingerprint density at radius 2 is 1.58 bits per heavy atom. The normalized spacial score (nSPS) is 10.6. The van der Waals surface area contributed by atoms with Gasteiger partial charge in [0.05, 0.1) is 18.9 Å². The van der Waals surface area contributed by atoms with Crippen LogP contribution in [0.3, 0.4) is 0 Å². The van der Waals surface area contributed by atoms with Gasteiger partial charge in [0, 0.05) is 16.5 Å². The molecular formula is C19H19NO3S. The van der Waals surface area contributed by atoms with Gasteiger partial charge < -0.3 is 14.6 Å². The number of thiazole rings is 1. The second kappa shape index (κ2) is 7.36. The van der Waals surface area contributed by atoms with Gasteiger partial charge in [-0.05, 0) is 56.3 Å². The van der Waals surface area contributed by atoms with E-state index >= 15 is 0 Å². The van der Waals surface area contributed by atoms with Crippen LogP contribution in [0.4, 0.5) is 0 Å². The van der Waals surface area contributed by atoms with Crippen LogP contribution in [0.5, 0.6) is 17.2 Å². The molecule has 5 heteroatoms. The summed E-state index contributed by atoms with van der Waals surface area (Å²) in [5.41, 5.74) is 2.87. The maximum absolute atomic E-state index is 9.39. The molecule has 0 saturated heterocycles. The molecule has 0 aliphatic rings. The van der Waals surface area contributed by atoms with E-state index < -0.39 is 0 Å². The van der Waals surface area contributed by atoms with Crippen LogP contribution in [0.2, 0.25) is 0 Å². The first-order valence-corrected chi connectivity index (χ1v) is 8.74. The highest BCUT2D eigenvalue weighted by Crippen LogP contribution is 2.35. The van der Waals surface area contributed by atoms with Gasteiger partial charge in [-0.3, -0.25) is 0 Å². The summed E-state index contributed by atoms with van der Waals surface area (Å²) in [6.45, 7) is 5.09. The minimum Gasteiger partial charge on any atom is -0.508 e. The van der Waals surface area contributed by atoms with Crippen molar-refractivity contribution in [3.8, 4) is 39.1 Å². The van der Waals surface area contributed by atoms with Crippen molar-refractivity contribution in [2.75, 3.05) is 13.2 Å². The van der Waals surface area contributed by atoms with Crippen molar-refractivity contribution in [1.29, 1.82) is 0 Å². The van der Waals surface area contributed by atoms with E-state index in [0.717, 1.165) is 33.3 Å². The van der Waals surface area contributed by atoms with Crippen molar-refractivity contribution < 1.29 is 14.6 Å². The molecule has 0 saturated carbocycles. The third-order valence-corrected chi connectivity index (χ3v) is 4.35. The zero-order valence-electron chi connectivity index (χ0n) is 13.7. The fourth-order valence-electron chi connectivity index (χ4n) is 2.36. The number of benzene rings is 2.